The van der Waals surface area contributed by atoms with Crippen molar-refractivity contribution in [3.63, 3.8) is 0 Å². The quantitative estimate of drug-likeness (QED) is 0.708. The molecule has 0 unspecified atom stereocenters. The van der Waals surface area contributed by atoms with Crippen molar-refractivity contribution in [1.82, 2.24) is 0 Å². The maximum Gasteiger partial charge on any atom is 0.335 e. The summed E-state index contributed by atoms with van der Waals surface area (Å²) in [5, 5.41) is 8.74. The molecule has 0 spiro atoms. The number of carbonyl (C=O) groups is 1. The van der Waals surface area contributed by atoms with Gasteiger partial charge in [0.25, 0.3) is 0 Å². The predicted molar refractivity (Wildman–Crippen MR) is 77.1 cm³/mol. The Hall–Kier alpha value is -1.56. The molecule has 0 saturated heterocycles. The SMILES string of the molecule is CCCCCS(=O)(=O)CCOc1ccc(C(=O)O)cc1. The van der Waals surface area contributed by atoms with Crippen molar-refractivity contribution in [1.29, 1.82) is 0 Å². The minimum atomic E-state index is -3.06. The van der Waals surface area contributed by atoms with Crippen LogP contribution in [0, 0.1) is 0 Å². The summed E-state index contributed by atoms with van der Waals surface area (Å²) in [5.74, 6) is -0.353. The first-order valence-electron chi connectivity index (χ1n) is 6.61. The van der Waals surface area contributed by atoms with Gasteiger partial charge in [-0.25, -0.2) is 13.2 Å². The highest BCUT2D eigenvalue weighted by Crippen LogP contribution is 2.12. The molecule has 0 amide bonds. The lowest BCUT2D eigenvalue weighted by Crippen LogP contribution is -2.17. The number of unbranched alkanes of at least 4 members (excludes halogenated alkanes) is 2. The number of aromatic carboxylic acids is 1. The summed E-state index contributed by atoms with van der Waals surface area (Å²) < 4.78 is 28.7. The van der Waals surface area contributed by atoms with Crippen molar-refractivity contribution in [3.05, 3.63) is 29.8 Å². The van der Waals surface area contributed by atoms with Gasteiger partial charge in [0.05, 0.1) is 17.1 Å². The lowest BCUT2D eigenvalue weighted by atomic mass is 10.2. The van der Waals surface area contributed by atoms with E-state index in [4.69, 9.17) is 9.84 Å². The summed E-state index contributed by atoms with van der Waals surface area (Å²) in [6.45, 7) is 2.11. The minimum absolute atomic E-state index is 0.0165. The van der Waals surface area contributed by atoms with Crippen LogP contribution in [-0.4, -0.2) is 37.6 Å². The van der Waals surface area contributed by atoms with E-state index in [0.717, 1.165) is 12.8 Å². The van der Waals surface area contributed by atoms with Crippen LogP contribution in [0.2, 0.25) is 0 Å². The van der Waals surface area contributed by atoms with Gasteiger partial charge in [0.15, 0.2) is 9.84 Å². The van der Waals surface area contributed by atoms with E-state index in [1.165, 1.54) is 24.3 Å². The average molecular weight is 300 g/mol. The van der Waals surface area contributed by atoms with Crippen LogP contribution in [0.3, 0.4) is 0 Å². The van der Waals surface area contributed by atoms with E-state index in [-0.39, 0.29) is 23.7 Å². The van der Waals surface area contributed by atoms with Gasteiger partial charge in [-0.1, -0.05) is 19.8 Å². The third-order valence-corrected chi connectivity index (χ3v) is 4.52. The number of hydrogen-bond donors (Lipinski definition) is 1. The average Bonchev–Trinajstić information content (AvgIpc) is 2.39. The van der Waals surface area contributed by atoms with Crippen molar-refractivity contribution < 1.29 is 23.1 Å². The summed E-state index contributed by atoms with van der Waals surface area (Å²) in [7, 11) is -3.06. The maximum atomic E-state index is 11.7. The molecule has 1 aromatic rings. The second kappa shape index (κ2) is 7.89. The van der Waals surface area contributed by atoms with Crippen LogP contribution >= 0.6 is 0 Å². The van der Waals surface area contributed by atoms with Crippen LogP contribution in [0.15, 0.2) is 24.3 Å². The zero-order valence-corrected chi connectivity index (χ0v) is 12.4. The summed E-state index contributed by atoms with van der Waals surface area (Å²) in [4.78, 5) is 10.7. The van der Waals surface area contributed by atoms with Gasteiger partial charge in [0, 0.05) is 0 Å². The highest BCUT2D eigenvalue weighted by molar-refractivity contribution is 7.91. The van der Waals surface area contributed by atoms with Gasteiger partial charge in [-0.15, -0.1) is 0 Å². The van der Waals surface area contributed by atoms with Crippen molar-refractivity contribution in [3.8, 4) is 5.75 Å². The first-order valence-corrected chi connectivity index (χ1v) is 8.43. The van der Waals surface area contributed by atoms with Gasteiger partial charge < -0.3 is 9.84 Å². The molecule has 0 aromatic heterocycles. The molecule has 0 bridgehead atoms. The van der Waals surface area contributed by atoms with Gasteiger partial charge in [-0.3, -0.25) is 0 Å². The zero-order valence-electron chi connectivity index (χ0n) is 11.5. The van der Waals surface area contributed by atoms with Gasteiger partial charge in [0.1, 0.15) is 12.4 Å². The topological polar surface area (TPSA) is 80.7 Å². The molecule has 0 radical (unpaired) electrons. The third kappa shape index (κ3) is 6.06. The molecule has 0 heterocycles. The highest BCUT2D eigenvalue weighted by atomic mass is 32.2. The van der Waals surface area contributed by atoms with Gasteiger partial charge in [0.2, 0.25) is 0 Å². The Bertz CT molecular complexity index is 519. The van der Waals surface area contributed by atoms with Gasteiger partial charge >= 0.3 is 5.97 Å². The third-order valence-electron chi connectivity index (χ3n) is 2.82. The second-order valence-electron chi connectivity index (χ2n) is 4.54. The monoisotopic (exact) mass is 300 g/mol. The van der Waals surface area contributed by atoms with Gasteiger partial charge in [-0.05, 0) is 30.7 Å². The van der Waals surface area contributed by atoms with E-state index in [0.29, 0.717) is 12.2 Å². The number of carboxylic acids is 1. The summed E-state index contributed by atoms with van der Waals surface area (Å²) >= 11 is 0. The zero-order chi connectivity index (χ0) is 15.0. The van der Waals surface area contributed by atoms with Gasteiger partial charge in [-0.2, -0.15) is 0 Å². The van der Waals surface area contributed by atoms with Crippen molar-refractivity contribution >= 4 is 15.8 Å². The fourth-order valence-electron chi connectivity index (χ4n) is 1.65. The first kappa shape index (κ1) is 16.5. The van der Waals surface area contributed by atoms with E-state index in [9.17, 15) is 13.2 Å². The van der Waals surface area contributed by atoms with Crippen LogP contribution < -0.4 is 4.74 Å². The summed E-state index contributed by atoms with van der Waals surface area (Å²) in [5.41, 5.74) is 0.171. The van der Waals surface area contributed by atoms with E-state index in [2.05, 4.69) is 0 Å². The van der Waals surface area contributed by atoms with Crippen LogP contribution in [-0.2, 0) is 9.84 Å². The Morgan fingerprint density at radius 1 is 1.15 bits per heavy atom. The molecule has 20 heavy (non-hydrogen) atoms. The molecule has 0 aliphatic rings. The number of benzene rings is 1. The van der Waals surface area contributed by atoms with Crippen LogP contribution in [0.25, 0.3) is 0 Å². The molecule has 1 aromatic carbocycles. The van der Waals surface area contributed by atoms with Crippen LogP contribution in [0.1, 0.15) is 36.5 Å². The predicted octanol–water partition coefficient (Wildman–Crippen LogP) is 2.37. The number of carboxylic acid groups (broad SMARTS) is 1. The molecule has 0 aliphatic carbocycles. The molecular formula is C14H20O5S. The molecule has 0 fully saturated rings. The normalized spacial score (nSPS) is 11.2. The van der Waals surface area contributed by atoms with E-state index < -0.39 is 15.8 Å². The molecular weight excluding hydrogens is 280 g/mol. The molecule has 6 heteroatoms. The number of rotatable bonds is 9. The molecule has 1 N–H and O–H groups in total. The van der Waals surface area contributed by atoms with Crippen molar-refractivity contribution in [2.45, 2.75) is 26.2 Å². The molecule has 1 rings (SSSR count). The Morgan fingerprint density at radius 3 is 2.35 bits per heavy atom. The number of ether oxygens (including phenoxy) is 1. The second-order valence-corrected chi connectivity index (χ2v) is 6.84. The summed E-state index contributed by atoms with van der Waals surface area (Å²) in [6.07, 6.45) is 2.59. The fourth-order valence-corrected chi connectivity index (χ4v) is 2.84. The van der Waals surface area contributed by atoms with E-state index >= 15 is 0 Å². The molecule has 5 nitrogen and oxygen atoms in total. The Balaban J connectivity index is 2.38. The van der Waals surface area contributed by atoms with E-state index in [1.54, 1.807) is 0 Å². The van der Waals surface area contributed by atoms with Crippen LogP contribution in [0.5, 0.6) is 5.75 Å². The number of sulfone groups is 1. The molecule has 0 aliphatic heterocycles. The largest absolute Gasteiger partial charge is 0.493 e. The smallest absolute Gasteiger partial charge is 0.335 e. The van der Waals surface area contributed by atoms with E-state index in [1.807, 2.05) is 6.92 Å². The minimum Gasteiger partial charge on any atom is -0.493 e. The standard InChI is InChI=1S/C14H20O5S/c1-2-3-4-10-20(17,18)11-9-19-13-7-5-12(6-8-13)14(15)16/h5-8H,2-4,9-11H2,1H3,(H,15,16). The highest BCUT2D eigenvalue weighted by Gasteiger charge is 2.10. The van der Waals surface area contributed by atoms with Crippen molar-refractivity contribution in [2.24, 2.45) is 0 Å². The first-order chi connectivity index (χ1) is 9.44. The summed E-state index contributed by atoms with van der Waals surface area (Å²) in [6, 6.07) is 5.89. The molecule has 0 atom stereocenters. The molecule has 112 valence electrons. The molecule has 0 saturated carbocycles. The van der Waals surface area contributed by atoms with Crippen molar-refractivity contribution in [2.75, 3.05) is 18.1 Å². The number of hydrogen-bond acceptors (Lipinski definition) is 4. The Labute approximate surface area is 119 Å². The lowest BCUT2D eigenvalue weighted by Gasteiger charge is -2.07. The van der Waals surface area contributed by atoms with Crippen LogP contribution in [0.4, 0.5) is 0 Å². The Kier molecular flexibility index (Phi) is 6.51. The lowest BCUT2D eigenvalue weighted by molar-refractivity contribution is 0.0697. The fraction of sp³-hybridized carbons (Fsp3) is 0.500. The maximum absolute atomic E-state index is 11.7. The Morgan fingerprint density at radius 2 is 1.80 bits per heavy atom.